The molecule has 1 aliphatic heterocycles. The Morgan fingerprint density at radius 1 is 0.900 bits per heavy atom. The molecular weight excluding hydrogens is 242 g/mol. The highest BCUT2D eigenvalue weighted by molar-refractivity contribution is 5.38. The highest BCUT2D eigenvalue weighted by atomic mass is 14.9. The molecule has 104 valence electrons. The van der Waals surface area contributed by atoms with Crippen LogP contribution in [0.4, 0.5) is 0 Å². The maximum Gasteiger partial charge on any atom is 0.0121 e. The van der Waals surface area contributed by atoms with Crippen LogP contribution in [0.3, 0.4) is 0 Å². The number of hydrogen-bond donors (Lipinski definition) is 1. The zero-order valence-corrected chi connectivity index (χ0v) is 12.2. The summed E-state index contributed by atoms with van der Waals surface area (Å²) in [6.07, 6.45) is 2.54. The Balaban J connectivity index is 2.01. The fourth-order valence-corrected chi connectivity index (χ4v) is 3.48. The van der Waals surface area contributed by atoms with Crippen LogP contribution in [0.25, 0.3) is 0 Å². The monoisotopic (exact) mass is 265 g/mol. The highest BCUT2D eigenvalue weighted by Crippen LogP contribution is 2.37. The Morgan fingerprint density at radius 3 is 2.25 bits per heavy atom. The van der Waals surface area contributed by atoms with Crippen LogP contribution >= 0.6 is 0 Å². The maximum atomic E-state index is 3.49. The molecule has 0 aliphatic carbocycles. The first-order valence-corrected chi connectivity index (χ1v) is 7.67. The molecule has 1 saturated heterocycles. The van der Waals surface area contributed by atoms with Crippen LogP contribution in [-0.2, 0) is 0 Å². The third-order valence-corrected chi connectivity index (χ3v) is 4.54. The number of rotatable bonds is 3. The molecule has 0 bridgehead atoms. The van der Waals surface area contributed by atoms with E-state index in [1.165, 1.54) is 29.5 Å². The molecule has 0 saturated carbocycles. The predicted molar refractivity (Wildman–Crippen MR) is 85.1 cm³/mol. The summed E-state index contributed by atoms with van der Waals surface area (Å²) in [5, 5.41) is 3.49. The minimum absolute atomic E-state index is 0.541. The second kappa shape index (κ2) is 6.23. The van der Waals surface area contributed by atoms with Gasteiger partial charge in [-0.15, -0.1) is 0 Å². The summed E-state index contributed by atoms with van der Waals surface area (Å²) in [6, 6.07) is 19.9. The molecule has 1 aliphatic rings. The van der Waals surface area contributed by atoms with Crippen molar-refractivity contribution in [3.63, 3.8) is 0 Å². The standard InChI is InChI=1S/C19H23N/c1-15-7-5-6-10-18(15)19(16-8-3-2-4-9-16)17-11-13-20-14-12-17/h2-10,17,19-20H,11-14H2,1H3. The van der Waals surface area contributed by atoms with Gasteiger partial charge in [0.15, 0.2) is 0 Å². The first-order chi connectivity index (χ1) is 9.86. The summed E-state index contributed by atoms with van der Waals surface area (Å²) >= 11 is 0. The van der Waals surface area contributed by atoms with E-state index in [1.54, 1.807) is 0 Å². The van der Waals surface area contributed by atoms with E-state index in [4.69, 9.17) is 0 Å². The molecule has 1 atom stereocenters. The van der Waals surface area contributed by atoms with Gasteiger partial charge in [-0.3, -0.25) is 0 Å². The molecule has 2 aromatic rings. The lowest BCUT2D eigenvalue weighted by Crippen LogP contribution is -2.31. The summed E-state index contributed by atoms with van der Waals surface area (Å²) in [5.74, 6) is 1.29. The first-order valence-electron chi connectivity index (χ1n) is 7.67. The van der Waals surface area contributed by atoms with E-state index in [2.05, 4.69) is 66.8 Å². The second-order valence-corrected chi connectivity index (χ2v) is 5.83. The smallest absolute Gasteiger partial charge is 0.0121 e. The topological polar surface area (TPSA) is 12.0 Å². The van der Waals surface area contributed by atoms with Crippen LogP contribution in [0.5, 0.6) is 0 Å². The molecule has 1 N–H and O–H groups in total. The average Bonchev–Trinajstić information content (AvgIpc) is 2.52. The highest BCUT2D eigenvalue weighted by Gasteiger charge is 2.27. The Hall–Kier alpha value is -1.60. The van der Waals surface area contributed by atoms with Crippen molar-refractivity contribution in [3.8, 4) is 0 Å². The normalized spacial score (nSPS) is 17.9. The van der Waals surface area contributed by atoms with Gasteiger partial charge in [0.05, 0.1) is 0 Å². The Morgan fingerprint density at radius 2 is 1.55 bits per heavy atom. The Labute approximate surface area is 122 Å². The third-order valence-electron chi connectivity index (χ3n) is 4.54. The molecule has 1 heteroatoms. The van der Waals surface area contributed by atoms with Crippen LogP contribution < -0.4 is 5.32 Å². The Kier molecular flexibility index (Phi) is 4.17. The maximum absolute atomic E-state index is 3.49. The quantitative estimate of drug-likeness (QED) is 0.880. The van der Waals surface area contributed by atoms with E-state index in [0.717, 1.165) is 19.0 Å². The summed E-state index contributed by atoms with van der Waals surface area (Å²) in [5.41, 5.74) is 4.39. The lowest BCUT2D eigenvalue weighted by atomic mass is 9.75. The van der Waals surface area contributed by atoms with E-state index in [-0.39, 0.29) is 0 Å². The summed E-state index contributed by atoms with van der Waals surface area (Å²) < 4.78 is 0. The largest absolute Gasteiger partial charge is 0.317 e. The van der Waals surface area contributed by atoms with Gasteiger partial charge in [0, 0.05) is 5.92 Å². The number of hydrogen-bond acceptors (Lipinski definition) is 1. The molecule has 1 heterocycles. The summed E-state index contributed by atoms with van der Waals surface area (Å²) in [7, 11) is 0. The van der Waals surface area contributed by atoms with E-state index in [1.807, 2.05) is 0 Å². The molecular formula is C19H23N. The lowest BCUT2D eigenvalue weighted by molar-refractivity contribution is 0.342. The minimum atomic E-state index is 0.541. The van der Waals surface area contributed by atoms with E-state index in [9.17, 15) is 0 Å². The zero-order valence-electron chi connectivity index (χ0n) is 12.2. The van der Waals surface area contributed by atoms with Crippen molar-refractivity contribution < 1.29 is 0 Å². The SMILES string of the molecule is Cc1ccccc1C(c1ccccc1)C1CCNCC1. The Bertz CT molecular complexity index is 541. The molecule has 0 amide bonds. The molecule has 0 spiro atoms. The lowest BCUT2D eigenvalue weighted by Gasteiger charge is -2.32. The van der Waals surface area contributed by atoms with Crippen molar-refractivity contribution in [2.75, 3.05) is 13.1 Å². The van der Waals surface area contributed by atoms with Crippen molar-refractivity contribution in [2.24, 2.45) is 5.92 Å². The van der Waals surface area contributed by atoms with Gasteiger partial charge in [-0.25, -0.2) is 0 Å². The molecule has 1 unspecified atom stereocenters. The van der Waals surface area contributed by atoms with Crippen molar-refractivity contribution in [2.45, 2.75) is 25.7 Å². The number of aryl methyl sites for hydroxylation is 1. The van der Waals surface area contributed by atoms with Gasteiger partial charge in [-0.05, 0) is 55.5 Å². The van der Waals surface area contributed by atoms with E-state index >= 15 is 0 Å². The van der Waals surface area contributed by atoms with Crippen LogP contribution in [0.15, 0.2) is 54.6 Å². The summed E-state index contributed by atoms with van der Waals surface area (Å²) in [6.45, 7) is 4.55. The average molecular weight is 265 g/mol. The molecule has 1 fully saturated rings. The van der Waals surface area contributed by atoms with Gasteiger partial charge in [0.25, 0.3) is 0 Å². The van der Waals surface area contributed by atoms with Crippen LogP contribution in [0.2, 0.25) is 0 Å². The molecule has 2 aromatic carbocycles. The van der Waals surface area contributed by atoms with Gasteiger partial charge in [-0.2, -0.15) is 0 Å². The molecule has 1 nitrogen and oxygen atoms in total. The van der Waals surface area contributed by atoms with Gasteiger partial charge in [-0.1, -0.05) is 54.6 Å². The van der Waals surface area contributed by atoms with Crippen LogP contribution in [-0.4, -0.2) is 13.1 Å². The fraction of sp³-hybridized carbons (Fsp3) is 0.368. The fourth-order valence-electron chi connectivity index (χ4n) is 3.48. The van der Waals surface area contributed by atoms with E-state index in [0.29, 0.717) is 5.92 Å². The van der Waals surface area contributed by atoms with Crippen molar-refractivity contribution >= 4 is 0 Å². The minimum Gasteiger partial charge on any atom is -0.317 e. The van der Waals surface area contributed by atoms with Crippen LogP contribution in [0.1, 0.15) is 35.4 Å². The van der Waals surface area contributed by atoms with Gasteiger partial charge < -0.3 is 5.32 Å². The zero-order chi connectivity index (χ0) is 13.8. The predicted octanol–water partition coefficient (Wildman–Crippen LogP) is 4.13. The summed E-state index contributed by atoms with van der Waals surface area (Å²) in [4.78, 5) is 0. The molecule has 0 aromatic heterocycles. The van der Waals surface area contributed by atoms with Gasteiger partial charge in [0.1, 0.15) is 0 Å². The van der Waals surface area contributed by atoms with E-state index < -0.39 is 0 Å². The van der Waals surface area contributed by atoms with Gasteiger partial charge in [0.2, 0.25) is 0 Å². The molecule has 20 heavy (non-hydrogen) atoms. The third kappa shape index (κ3) is 2.78. The van der Waals surface area contributed by atoms with Crippen molar-refractivity contribution in [1.82, 2.24) is 5.32 Å². The number of nitrogens with one attached hydrogen (secondary N) is 1. The second-order valence-electron chi connectivity index (χ2n) is 5.83. The first kappa shape index (κ1) is 13.4. The molecule has 3 rings (SSSR count). The van der Waals surface area contributed by atoms with Crippen molar-refractivity contribution in [3.05, 3.63) is 71.3 Å². The molecule has 0 radical (unpaired) electrons. The van der Waals surface area contributed by atoms with Gasteiger partial charge >= 0.3 is 0 Å². The van der Waals surface area contributed by atoms with Crippen LogP contribution in [0, 0.1) is 12.8 Å². The van der Waals surface area contributed by atoms with Crippen molar-refractivity contribution in [1.29, 1.82) is 0 Å². The number of benzene rings is 2. The number of piperidine rings is 1.